The number of rotatable bonds is 4. The Balaban J connectivity index is 2.32. The van der Waals surface area contributed by atoms with Crippen molar-refractivity contribution in [2.45, 2.75) is 25.1 Å². The average molecular weight is 363 g/mol. The number of hydrogen-bond donors (Lipinski definition) is 2. The van der Waals surface area contributed by atoms with Gasteiger partial charge in [-0.25, -0.2) is 0 Å². The molecule has 1 aliphatic heterocycles. The number of carbonyl (C=O) groups is 2. The molecule has 0 fully saturated rings. The fourth-order valence-corrected chi connectivity index (χ4v) is 2.73. The predicted molar refractivity (Wildman–Crippen MR) is 81.3 cm³/mol. The van der Waals surface area contributed by atoms with Crippen LogP contribution in [0.15, 0.2) is 23.2 Å². The molecule has 0 saturated carbocycles. The molecule has 1 aliphatic rings. The molecule has 1 heterocycles. The van der Waals surface area contributed by atoms with E-state index in [4.69, 9.17) is 23.1 Å². The van der Waals surface area contributed by atoms with Gasteiger partial charge in [0.2, 0.25) is 0 Å². The van der Waals surface area contributed by atoms with Crippen LogP contribution in [0.3, 0.4) is 0 Å². The normalized spacial score (nSPS) is 16.9. The first-order valence-corrected chi connectivity index (χ1v) is 7.26. The van der Waals surface area contributed by atoms with Gasteiger partial charge in [-0.3, -0.25) is 9.59 Å². The summed E-state index contributed by atoms with van der Waals surface area (Å²) in [5.74, 6) is -1.79. The van der Waals surface area contributed by atoms with E-state index in [-0.39, 0.29) is 12.0 Å². The largest absolute Gasteiger partial charge is 0.390 e. The van der Waals surface area contributed by atoms with Gasteiger partial charge in [0.25, 0.3) is 11.8 Å². The molecule has 1 unspecified atom stereocenters. The summed E-state index contributed by atoms with van der Waals surface area (Å²) < 4.78 is 37.5. The Morgan fingerprint density at radius 2 is 2.00 bits per heavy atom. The van der Waals surface area contributed by atoms with Gasteiger partial charge in [-0.1, -0.05) is 11.6 Å². The van der Waals surface area contributed by atoms with Crippen LogP contribution in [0.4, 0.5) is 13.2 Å². The molecular formula is C14H14ClF3N4O2. The zero-order valence-corrected chi connectivity index (χ0v) is 13.1. The third kappa shape index (κ3) is 4.16. The van der Waals surface area contributed by atoms with Gasteiger partial charge in [-0.05, 0) is 23.8 Å². The van der Waals surface area contributed by atoms with Gasteiger partial charge >= 0.3 is 6.18 Å². The summed E-state index contributed by atoms with van der Waals surface area (Å²) in [4.78, 5) is 28.5. The lowest BCUT2D eigenvalue weighted by Gasteiger charge is -2.25. The first-order chi connectivity index (χ1) is 11.1. The first-order valence-electron chi connectivity index (χ1n) is 6.88. The third-order valence-electron chi connectivity index (χ3n) is 3.50. The second kappa shape index (κ2) is 6.68. The second-order valence-corrected chi connectivity index (χ2v) is 5.68. The van der Waals surface area contributed by atoms with Crippen molar-refractivity contribution in [3.8, 4) is 0 Å². The number of benzene rings is 1. The van der Waals surface area contributed by atoms with Crippen molar-refractivity contribution in [3.05, 3.63) is 34.3 Å². The highest BCUT2D eigenvalue weighted by atomic mass is 35.5. The molecule has 0 radical (unpaired) electrons. The summed E-state index contributed by atoms with van der Waals surface area (Å²) in [6.45, 7) is -0.575. The molecule has 2 rings (SSSR count). The highest BCUT2D eigenvalue weighted by Gasteiger charge is 2.40. The molecule has 0 bridgehead atoms. The van der Waals surface area contributed by atoms with Crippen molar-refractivity contribution in [1.29, 1.82) is 0 Å². The number of fused-ring (bicyclic) bond motifs is 1. The van der Waals surface area contributed by atoms with Gasteiger partial charge < -0.3 is 16.4 Å². The van der Waals surface area contributed by atoms with Gasteiger partial charge in [-0.2, -0.15) is 18.2 Å². The Morgan fingerprint density at radius 3 is 2.58 bits per heavy atom. The summed E-state index contributed by atoms with van der Waals surface area (Å²) in [6.07, 6.45) is -5.95. The number of halogens is 4. The standard InChI is InChI=1S/C14H14ClF3N4O2/c15-7-1-2-8-9(5-7)10(6-11(23)21-13(19)20)22(12(8)24)4-3-14(16,17)18/h1-2,5,10H,3-4,6H2,(H4,19,20,21,23). The zero-order chi connectivity index (χ0) is 18.1. The minimum absolute atomic E-state index is 0.212. The first kappa shape index (κ1) is 18.1. The summed E-state index contributed by atoms with van der Waals surface area (Å²) in [7, 11) is 0. The van der Waals surface area contributed by atoms with E-state index in [2.05, 4.69) is 4.99 Å². The Bertz CT molecular complexity index is 702. The number of guanidine groups is 1. The van der Waals surface area contributed by atoms with Crippen molar-refractivity contribution in [2.75, 3.05) is 6.54 Å². The molecule has 2 amide bonds. The van der Waals surface area contributed by atoms with Crippen LogP contribution < -0.4 is 11.5 Å². The van der Waals surface area contributed by atoms with Crippen molar-refractivity contribution in [1.82, 2.24) is 4.90 Å². The minimum Gasteiger partial charge on any atom is -0.370 e. The predicted octanol–water partition coefficient (Wildman–Crippen LogP) is 1.98. The lowest BCUT2D eigenvalue weighted by atomic mass is 10.0. The number of alkyl halides is 3. The highest BCUT2D eigenvalue weighted by molar-refractivity contribution is 6.30. The van der Waals surface area contributed by atoms with Crippen LogP contribution in [0.2, 0.25) is 5.02 Å². The van der Waals surface area contributed by atoms with Crippen LogP contribution in [0.5, 0.6) is 0 Å². The van der Waals surface area contributed by atoms with Gasteiger partial charge in [0, 0.05) is 17.1 Å². The van der Waals surface area contributed by atoms with E-state index >= 15 is 0 Å². The maximum atomic E-state index is 12.5. The molecule has 130 valence electrons. The Hall–Kier alpha value is -2.29. The number of aliphatic imine (C=N–C) groups is 1. The molecule has 24 heavy (non-hydrogen) atoms. The molecular weight excluding hydrogens is 349 g/mol. The maximum Gasteiger partial charge on any atom is 0.390 e. The van der Waals surface area contributed by atoms with E-state index in [1.165, 1.54) is 18.2 Å². The molecule has 10 heteroatoms. The fraction of sp³-hybridized carbons (Fsp3) is 0.357. The van der Waals surface area contributed by atoms with Crippen LogP contribution in [-0.4, -0.2) is 35.4 Å². The average Bonchev–Trinajstić information content (AvgIpc) is 2.67. The van der Waals surface area contributed by atoms with E-state index in [1.54, 1.807) is 0 Å². The van der Waals surface area contributed by atoms with Crippen LogP contribution in [-0.2, 0) is 4.79 Å². The lowest BCUT2D eigenvalue weighted by Crippen LogP contribution is -2.33. The molecule has 0 spiro atoms. The maximum absolute atomic E-state index is 12.5. The van der Waals surface area contributed by atoms with E-state index in [0.29, 0.717) is 10.6 Å². The minimum atomic E-state index is -4.43. The third-order valence-corrected chi connectivity index (χ3v) is 3.73. The zero-order valence-electron chi connectivity index (χ0n) is 12.3. The van der Waals surface area contributed by atoms with Crippen LogP contribution in [0.25, 0.3) is 0 Å². The topological polar surface area (TPSA) is 102 Å². The SMILES string of the molecule is NC(N)=NC(=O)CC1c2cc(Cl)ccc2C(=O)N1CCC(F)(F)F. The Labute approximate surface area is 140 Å². The highest BCUT2D eigenvalue weighted by Crippen LogP contribution is 2.38. The fourth-order valence-electron chi connectivity index (χ4n) is 2.55. The van der Waals surface area contributed by atoms with Crippen molar-refractivity contribution in [2.24, 2.45) is 16.5 Å². The molecule has 0 saturated heterocycles. The number of hydrogen-bond acceptors (Lipinski definition) is 2. The molecule has 1 aromatic carbocycles. The van der Waals surface area contributed by atoms with Crippen LogP contribution in [0, 0.1) is 0 Å². The number of nitrogens with two attached hydrogens (primary N) is 2. The monoisotopic (exact) mass is 362 g/mol. The second-order valence-electron chi connectivity index (χ2n) is 5.25. The summed E-state index contributed by atoms with van der Waals surface area (Å²) >= 11 is 5.89. The van der Waals surface area contributed by atoms with Gasteiger partial charge in [0.1, 0.15) is 0 Å². The number of carbonyl (C=O) groups excluding carboxylic acids is 2. The Morgan fingerprint density at radius 1 is 1.33 bits per heavy atom. The summed E-state index contributed by atoms with van der Waals surface area (Å²) in [5.41, 5.74) is 10.8. The van der Waals surface area contributed by atoms with Crippen LogP contribution in [0.1, 0.15) is 34.8 Å². The Kier molecular flexibility index (Phi) is 5.02. The van der Waals surface area contributed by atoms with E-state index in [9.17, 15) is 22.8 Å². The smallest absolute Gasteiger partial charge is 0.370 e. The van der Waals surface area contributed by atoms with Crippen molar-refractivity contribution < 1.29 is 22.8 Å². The molecule has 1 aromatic rings. The number of amides is 2. The lowest BCUT2D eigenvalue weighted by molar-refractivity contribution is -0.137. The van der Waals surface area contributed by atoms with E-state index in [1.807, 2.05) is 0 Å². The molecule has 1 atom stereocenters. The molecule has 6 nitrogen and oxygen atoms in total. The summed E-state index contributed by atoms with van der Waals surface area (Å²) in [6, 6.07) is 3.44. The molecule has 0 aliphatic carbocycles. The van der Waals surface area contributed by atoms with Gasteiger partial charge in [-0.15, -0.1) is 0 Å². The molecule has 4 N–H and O–H groups in total. The van der Waals surface area contributed by atoms with Crippen LogP contribution >= 0.6 is 11.6 Å². The number of nitrogens with zero attached hydrogens (tertiary/aromatic N) is 2. The van der Waals surface area contributed by atoms with Gasteiger partial charge in [0.15, 0.2) is 5.96 Å². The van der Waals surface area contributed by atoms with E-state index < -0.39 is 43.0 Å². The molecule has 0 aromatic heterocycles. The van der Waals surface area contributed by atoms with Crippen molar-refractivity contribution >= 4 is 29.4 Å². The van der Waals surface area contributed by atoms with Crippen molar-refractivity contribution in [3.63, 3.8) is 0 Å². The van der Waals surface area contributed by atoms with E-state index in [0.717, 1.165) is 4.90 Å². The van der Waals surface area contributed by atoms with Gasteiger partial charge in [0.05, 0.1) is 18.9 Å². The quantitative estimate of drug-likeness (QED) is 0.631. The summed E-state index contributed by atoms with van der Waals surface area (Å²) in [5, 5.41) is 0.304.